The zero-order chi connectivity index (χ0) is 43.1. The lowest BCUT2D eigenvalue weighted by Gasteiger charge is -2.29. The monoisotopic (exact) mass is 867 g/mol. The molecule has 0 bridgehead atoms. The topological polar surface area (TPSA) is 9.72 Å². The van der Waals surface area contributed by atoms with Crippen LogP contribution in [0.2, 0.25) is 0 Å². The van der Waals surface area contributed by atoms with Gasteiger partial charge in [0.2, 0.25) is 0 Å². The van der Waals surface area contributed by atoms with Gasteiger partial charge in [0, 0.05) is 91.5 Å². The van der Waals surface area contributed by atoms with Gasteiger partial charge in [-0.3, -0.25) is 0 Å². The summed E-state index contributed by atoms with van der Waals surface area (Å²) < 4.78 is 5.09. The van der Waals surface area contributed by atoms with Gasteiger partial charge in [0.15, 0.2) is 0 Å². The predicted molar refractivity (Wildman–Crippen MR) is 282 cm³/mol. The molecule has 0 saturated carbocycles. The van der Waals surface area contributed by atoms with Crippen LogP contribution in [-0.2, 0) is 0 Å². The van der Waals surface area contributed by atoms with E-state index in [1.54, 1.807) is 0 Å². The fraction of sp³-hybridized carbons (Fsp3) is 0. The van der Waals surface area contributed by atoms with Gasteiger partial charge in [0.1, 0.15) is 0 Å². The molecule has 12 rings (SSSR count). The average Bonchev–Trinajstić information content (AvgIpc) is 3.93. The maximum absolute atomic E-state index is 2.43. The van der Waals surface area contributed by atoms with Crippen LogP contribution in [0.1, 0.15) is 0 Å². The number of fused-ring (bicyclic) bond motifs is 6. The van der Waals surface area contributed by atoms with Crippen LogP contribution in [-0.4, -0.2) is 0 Å². The Kier molecular flexibility index (Phi) is 9.90. The summed E-state index contributed by atoms with van der Waals surface area (Å²) in [5, 5.41) is 5.05. The Balaban J connectivity index is 0.988. The van der Waals surface area contributed by atoms with E-state index < -0.39 is 0 Å². The molecule has 65 heavy (non-hydrogen) atoms. The molecular weight excluding hydrogens is 827 g/mol. The standard InChI is InChI=1S/C60H41N3S2/c1-5-16-42(17-6-1)43-28-30-47(31-29-43)62(46-22-11-4-12-23-46)50-33-37-59-56(39-50)54-35-32-52(41-60(54)65-59)63(51-34-36-58-55(40-51)53-26-13-14-27-57(53)64-58)49-25-15-24-48(38-49)61(44-18-7-2-8-19-44)45-20-9-3-10-21-45/h1-41H. The summed E-state index contributed by atoms with van der Waals surface area (Å²) in [6.07, 6.45) is 0. The first-order valence-corrected chi connectivity index (χ1v) is 23.5. The minimum absolute atomic E-state index is 1.08. The summed E-state index contributed by atoms with van der Waals surface area (Å²) in [4.78, 5) is 7.12. The van der Waals surface area contributed by atoms with Crippen molar-refractivity contribution in [2.45, 2.75) is 0 Å². The molecule has 0 saturated heterocycles. The molecule has 5 heteroatoms. The van der Waals surface area contributed by atoms with Crippen LogP contribution in [0.15, 0.2) is 249 Å². The van der Waals surface area contributed by atoms with E-state index in [0.717, 1.165) is 51.2 Å². The van der Waals surface area contributed by atoms with Crippen molar-refractivity contribution in [2.24, 2.45) is 0 Å². The van der Waals surface area contributed by atoms with Crippen molar-refractivity contribution in [2.75, 3.05) is 14.7 Å². The molecule has 0 fully saturated rings. The lowest BCUT2D eigenvalue weighted by atomic mass is 10.0. The van der Waals surface area contributed by atoms with Crippen molar-refractivity contribution in [1.29, 1.82) is 0 Å². The number of anilines is 9. The van der Waals surface area contributed by atoms with Gasteiger partial charge in [-0.15, -0.1) is 22.7 Å². The van der Waals surface area contributed by atoms with Crippen molar-refractivity contribution in [3.8, 4) is 11.1 Å². The molecular formula is C60H41N3S2. The predicted octanol–water partition coefficient (Wildman–Crippen LogP) is 18.5. The van der Waals surface area contributed by atoms with Gasteiger partial charge in [-0.2, -0.15) is 0 Å². The van der Waals surface area contributed by atoms with Crippen LogP contribution in [0.4, 0.5) is 51.2 Å². The molecule has 0 N–H and O–H groups in total. The van der Waals surface area contributed by atoms with E-state index in [0.29, 0.717) is 0 Å². The van der Waals surface area contributed by atoms with Crippen molar-refractivity contribution >= 4 is 114 Å². The maximum Gasteiger partial charge on any atom is 0.0482 e. The fourth-order valence-corrected chi connectivity index (χ4v) is 11.4. The zero-order valence-electron chi connectivity index (χ0n) is 35.3. The highest BCUT2D eigenvalue weighted by Gasteiger charge is 2.21. The number of para-hydroxylation sites is 3. The second kappa shape index (κ2) is 16.6. The SMILES string of the molecule is c1ccc(-c2ccc(N(c3ccccc3)c3ccc4sc5cc(N(c6cccc(N(c7ccccc7)c7ccccc7)c6)c6ccc7sc8ccccc8c7c6)ccc5c4c3)cc2)cc1. The quantitative estimate of drug-likeness (QED) is 0.136. The molecule has 0 spiro atoms. The molecule has 308 valence electrons. The fourth-order valence-electron chi connectivity index (χ4n) is 9.16. The van der Waals surface area contributed by atoms with E-state index in [-0.39, 0.29) is 0 Å². The van der Waals surface area contributed by atoms with Crippen LogP contribution in [0.25, 0.3) is 51.5 Å². The minimum atomic E-state index is 1.08. The molecule has 0 unspecified atom stereocenters. The van der Waals surface area contributed by atoms with Gasteiger partial charge in [-0.1, -0.05) is 127 Å². The molecule has 0 aliphatic carbocycles. The van der Waals surface area contributed by atoms with Crippen molar-refractivity contribution in [3.63, 3.8) is 0 Å². The summed E-state index contributed by atoms with van der Waals surface area (Å²) >= 11 is 3.70. The normalized spacial score (nSPS) is 11.4. The lowest BCUT2D eigenvalue weighted by Crippen LogP contribution is -2.13. The Morgan fingerprint density at radius 3 is 1.12 bits per heavy atom. The van der Waals surface area contributed by atoms with Crippen LogP contribution in [0.3, 0.4) is 0 Å². The molecule has 10 aromatic carbocycles. The van der Waals surface area contributed by atoms with Gasteiger partial charge < -0.3 is 14.7 Å². The van der Waals surface area contributed by atoms with Crippen LogP contribution >= 0.6 is 22.7 Å². The molecule has 0 aliphatic heterocycles. The van der Waals surface area contributed by atoms with E-state index in [9.17, 15) is 0 Å². The highest BCUT2D eigenvalue weighted by Crippen LogP contribution is 2.46. The number of nitrogens with zero attached hydrogens (tertiary/aromatic N) is 3. The summed E-state index contributed by atoms with van der Waals surface area (Å²) in [5.41, 5.74) is 12.4. The summed E-state index contributed by atoms with van der Waals surface area (Å²) in [7, 11) is 0. The Morgan fingerprint density at radius 1 is 0.200 bits per heavy atom. The van der Waals surface area contributed by atoms with Crippen molar-refractivity contribution in [3.05, 3.63) is 249 Å². The number of hydrogen-bond acceptors (Lipinski definition) is 5. The summed E-state index contributed by atoms with van der Waals surface area (Å²) in [6, 6.07) is 90.0. The first-order chi connectivity index (χ1) is 32.2. The minimum Gasteiger partial charge on any atom is -0.310 e. The Hall–Kier alpha value is -7.96. The third-order valence-electron chi connectivity index (χ3n) is 12.2. The highest BCUT2D eigenvalue weighted by atomic mass is 32.1. The molecule has 3 nitrogen and oxygen atoms in total. The first kappa shape index (κ1) is 38.7. The van der Waals surface area contributed by atoms with E-state index >= 15 is 0 Å². The van der Waals surface area contributed by atoms with Crippen molar-refractivity contribution in [1.82, 2.24) is 0 Å². The van der Waals surface area contributed by atoms with E-state index in [1.807, 2.05) is 22.7 Å². The molecule has 0 atom stereocenters. The zero-order valence-corrected chi connectivity index (χ0v) is 37.0. The van der Waals surface area contributed by atoms with Gasteiger partial charge in [-0.25, -0.2) is 0 Å². The second-order valence-corrected chi connectivity index (χ2v) is 18.4. The third kappa shape index (κ3) is 7.27. The maximum atomic E-state index is 2.43. The molecule has 12 aromatic rings. The van der Waals surface area contributed by atoms with E-state index in [2.05, 4.69) is 263 Å². The molecule has 2 heterocycles. The molecule has 0 amide bonds. The Morgan fingerprint density at radius 2 is 0.554 bits per heavy atom. The van der Waals surface area contributed by atoms with Gasteiger partial charge in [-0.05, 0) is 132 Å². The van der Waals surface area contributed by atoms with Crippen molar-refractivity contribution < 1.29 is 0 Å². The smallest absolute Gasteiger partial charge is 0.0482 e. The van der Waals surface area contributed by atoms with Crippen LogP contribution < -0.4 is 14.7 Å². The number of thiophene rings is 2. The largest absolute Gasteiger partial charge is 0.310 e. The molecule has 0 radical (unpaired) electrons. The second-order valence-electron chi connectivity index (χ2n) is 16.2. The van der Waals surface area contributed by atoms with Gasteiger partial charge >= 0.3 is 0 Å². The van der Waals surface area contributed by atoms with Crippen LogP contribution in [0.5, 0.6) is 0 Å². The third-order valence-corrected chi connectivity index (χ3v) is 14.5. The number of hydrogen-bond donors (Lipinski definition) is 0. The van der Waals surface area contributed by atoms with Gasteiger partial charge in [0.05, 0.1) is 0 Å². The molecule has 2 aromatic heterocycles. The van der Waals surface area contributed by atoms with Gasteiger partial charge in [0.25, 0.3) is 0 Å². The average molecular weight is 868 g/mol. The summed E-state index contributed by atoms with van der Waals surface area (Å²) in [5.74, 6) is 0. The van der Waals surface area contributed by atoms with Crippen LogP contribution in [0, 0.1) is 0 Å². The first-order valence-electron chi connectivity index (χ1n) is 21.9. The number of benzene rings is 10. The Bertz CT molecular complexity index is 3560. The summed E-state index contributed by atoms with van der Waals surface area (Å²) in [6.45, 7) is 0. The lowest BCUT2D eigenvalue weighted by molar-refractivity contribution is 1.25. The highest BCUT2D eigenvalue weighted by molar-refractivity contribution is 7.26. The van der Waals surface area contributed by atoms with E-state index in [1.165, 1.54) is 51.5 Å². The molecule has 0 aliphatic rings. The number of rotatable bonds is 10. The van der Waals surface area contributed by atoms with E-state index in [4.69, 9.17) is 0 Å². The Labute approximate surface area is 386 Å².